The van der Waals surface area contributed by atoms with Crippen molar-refractivity contribution in [3.8, 4) is 0 Å². The molecule has 1 aliphatic rings. The van der Waals surface area contributed by atoms with Gasteiger partial charge in [0.1, 0.15) is 10.4 Å². The van der Waals surface area contributed by atoms with E-state index in [4.69, 9.17) is 12.2 Å². The van der Waals surface area contributed by atoms with Crippen molar-refractivity contribution in [2.75, 3.05) is 0 Å². The summed E-state index contributed by atoms with van der Waals surface area (Å²) in [5, 5.41) is 9.47. The van der Waals surface area contributed by atoms with E-state index in [-0.39, 0.29) is 11.8 Å². The summed E-state index contributed by atoms with van der Waals surface area (Å²) in [6.07, 6.45) is 4.28. The number of hydrogen-bond acceptors (Lipinski definition) is 4. The van der Waals surface area contributed by atoms with Crippen LogP contribution in [-0.4, -0.2) is 36.8 Å². The maximum absolute atomic E-state index is 12.6. The molecular formula is C15H18N2O3S2. The lowest BCUT2D eigenvalue weighted by Gasteiger charge is -2.27. The summed E-state index contributed by atoms with van der Waals surface area (Å²) in [7, 11) is 1.88. The van der Waals surface area contributed by atoms with Crippen LogP contribution >= 0.6 is 24.0 Å². The molecule has 2 rings (SSSR count). The Balaban J connectivity index is 2.34. The third-order valence-corrected chi connectivity index (χ3v) is 5.13. The molecule has 2 heterocycles. The van der Waals surface area contributed by atoms with E-state index in [1.807, 2.05) is 43.8 Å². The second-order valence-corrected chi connectivity index (χ2v) is 6.94. The largest absolute Gasteiger partial charge is 0.480 e. The Morgan fingerprint density at radius 2 is 2.23 bits per heavy atom. The van der Waals surface area contributed by atoms with E-state index < -0.39 is 12.0 Å². The molecule has 0 aliphatic carbocycles. The SMILES string of the molecule is CCC(C)C(C(=O)O)N1C(=O)/C(=C/c2cccn2C)SC1=S. The number of carbonyl (C=O) groups excluding carboxylic acids is 1. The standard InChI is InChI=1S/C15H18N2O3S2/c1-4-9(2)12(14(19)20)17-13(18)11(22-15(17)21)8-10-6-5-7-16(10)3/h5-9,12H,4H2,1-3H3,(H,19,20)/b11-8-. The minimum absolute atomic E-state index is 0.172. The Morgan fingerprint density at radius 3 is 2.73 bits per heavy atom. The minimum Gasteiger partial charge on any atom is -0.480 e. The van der Waals surface area contributed by atoms with Crippen LogP contribution in [0.15, 0.2) is 23.2 Å². The molecule has 0 saturated carbocycles. The van der Waals surface area contributed by atoms with Crippen molar-refractivity contribution in [1.29, 1.82) is 0 Å². The first-order chi connectivity index (χ1) is 10.4. The van der Waals surface area contributed by atoms with E-state index >= 15 is 0 Å². The van der Waals surface area contributed by atoms with Gasteiger partial charge < -0.3 is 9.67 Å². The molecule has 22 heavy (non-hydrogen) atoms. The van der Waals surface area contributed by atoms with Gasteiger partial charge in [-0.2, -0.15) is 0 Å². The van der Waals surface area contributed by atoms with Gasteiger partial charge in [0.05, 0.1) is 4.91 Å². The van der Waals surface area contributed by atoms with E-state index in [1.54, 1.807) is 6.08 Å². The summed E-state index contributed by atoms with van der Waals surface area (Å²) in [5.74, 6) is -1.52. The number of thioether (sulfide) groups is 1. The Labute approximate surface area is 139 Å². The van der Waals surface area contributed by atoms with Gasteiger partial charge in [0.2, 0.25) is 0 Å². The highest BCUT2D eigenvalue weighted by molar-refractivity contribution is 8.26. The van der Waals surface area contributed by atoms with Crippen LogP contribution in [0.2, 0.25) is 0 Å². The molecule has 0 aromatic carbocycles. The van der Waals surface area contributed by atoms with Gasteiger partial charge in [0.15, 0.2) is 0 Å². The Hall–Kier alpha value is -1.60. The number of aryl methyl sites for hydroxylation is 1. The molecule has 5 nitrogen and oxygen atoms in total. The molecule has 1 aromatic heterocycles. The van der Waals surface area contributed by atoms with E-state index in [9.17, 15) is 14.7 Å². The molecule has 1 aliphatic heterocycles. The van der Waals surface area contributed by atoms with Crippen LogP contribution < -0.4 is 0 Å². The molecule has 118 valence electrons. The molecule has 1 N–H and O–H groups in total. The van der Waals surface area contributed by atoms with Gasteiger partial charge in [-0.1, -0.05) is 44.2 Å². The lowest BCUT2D eigenvalue weighted by Crippen LogP contribution is -2.47. The zero-order valence-corrected chi connectivity index (χ0v) is 14.3. The van der Waals surface area contributed by atoms with Gasteiger partial charge in [-0.3, -0.25) is 9.69 Å². The topological polar surface area (TPSA) is 62.5 Å². The molecule has 1 saturated heterocycles. The van der Waals surface area contributed by atoms with Crippen LogP contribution in [0.25, 0.3) is 6.08 Å². The van der Waals surface area contributed by atoms with E-state index in [1.165, 1.54) is 4.90 Å². The third-order valence-electron chi connectivity index (χ3n) is 3.80. The van der Waals surface area contributed by atoms with Gasteiger partial charge in [-0.25, -0.2) is 4.79 Å². The number of aliphatic carboxylic acids is 1. The predicted molar refractivity (Wildman–Crippen MR) is 91.3 cm³/mol. The van der Waals surface area contributed by atoms with Gasteiger partial charge in [-0.05, 0) is 24.1 Å². The number of carboxylic acids is 1. The Kier molecular flexibility index (Phi) is 5.08. The van der Waals surface area contributed by atoms with Crippen LogP contribution in [-0.2, 0) is 16.6 Å². The van der Waals surface area contributed by atoms with E-state index in [0.717, 1.165) is 17.5 Å². The molecule has 2 unspecified atom stereocenters. The highest BCUT2D eigenvalue weighted by atomic mass is 32.2. The fourth-order valence-electron chi connectivity index (χ4n) is 2.31. The Morgan fingerprint density at radius 1 is 1.55 bits per heavy atom. The van der Waals surface area contributed by atoms with Crippen molar-refractivity contribution in [3.05, 3.63) is 28.9 Å². The number of aromatic nitrogens is 1. The van der Waals surface area contributed by atoms with Gasteiger partial charge in [-0.15, -0.1) is 0 Å². The highest BCUT2D eigenvalue weighted by Crippen LogP contribution is 2.35. The lowest BCUT2D eigenvalue weighted by atomic mass is 9.98. The van der Waals surface area contributed by atoms with Crippen molar-refractivity contribution < 1.29 is 14.7 Å². The maximum Gasteiger partial charge on any atom is 0.327 e. The van der Waals surface area contributed by atoms with E-state index in [2.05, 4.69) is 0 Å². The summed E-state index contributed by atoms with van der Waals surface area (Å²) in [6, 6.07) is 2.85. The zero-order valence-electron chi connectivity index (χ0n) is 12.6. The molecular weight excluding hydrogens is 320 g/mol. The molecule has 1 fully saturated rings. The highest BCUT2D eigenvalue weighted by Gasteiger charge is 2.42. The molecule has 1 aromatic rings. The van der Waals surface area contributed by atoms with Crippen molar-refractivity contribution >= 4 is 46.3 Å². The summed E-state index contributed by atoms with van der Waals surface area (Å²) in [4.78, 5) is 25.9. The zero-order chi connectivity index (χ0) is 16.4. The monoisotopic (exact) mass is 338 g/mol. The molecule has 0 spiro atoms. The quantitative estimate of drug-likeness (QED) is 0.661. The smallest absolute Gasteiger partial charge is 0.327 e. The first-order valence-corrected chi connectivity index (χ1v) is 8.20. The molecule has 1 amide bonds. The van der Waals surface area contributed by atoms with Crippen molar-refractivity contribution in [3.63, 3.8) is 0 Å². The fourth-order valence-corrected chi connectivity index (χ4v) is 3.62. The number of nitrogens with zero attached hydrogens (tertiary/aromatic N) is 2. The van der Waals surface area contributed by atoms with Crippen LogP contribution in [0.5, 0.6) is 0 Å². The molecule has 2 atom stereocenters. The van der Waals surface area contributed by atoms with Crippen molar-refractivity contribution in [2.45, 2.75) is 26.3 Å². The number of carbonyl (C=O) groups is 2. The fraction of sp³-hybridized carbons (Fsp3) is 0.400. The lowest BCUT2D eigenvalue weighted by molar-refractivity contribution is -0.147. The molecule has 0 bridgehead atoms. The number of rotatable bonds is 5. The number of amides is 1. The predicted octanol–water partition coefficient (Wildman–Crippen LogP) is 2.73. The molecule has 0 radical (unpaired) electrons. The number of thiocarbonyl (C=S) groups is 1. The summed E-state index contributed by atoms with van der Waals surface area (Å²) >= 11 is 6.40. The maximum atomic E-state index is 12.6. The number of hydrogen-bond donors (Lipinski definition) is 1. The normalized spacial score (nSPS) is 19.8. The first-order valence-electron chi connectivity index (χ1n) is 6.98. The molecule has 7 heteroatoms. The van der Waals surface area contributed by atoms with Crippen molar-refractivity contribution in [2.24, 2.45) is 13.0 Å². The van der Waals surface area contributed by atoms with Gasteiger partial charge in [0, 0.05) is 18.9 Å². The average molecular weight is 338 g/mol. The third kappa shape index (κ3) is 3.10. The second kappa shape index (κ2) is 6.66. The van der Waals surface area contributed by atoms with Crippen molar-refractivity contribution in [1.82, 2.24) is 9.47 Å². The number of carboxylic acid groups (broad SMARTS) is 1. The second-order valence-electron chi connectivity index (χ2n) is 5.26. The Bertz CT molecular complexity index is 651. The average Bonchev–Trinajstić information content (AvgIpc) is 2.97. The van der Waals surface area contributed by atoms with E-state index in [0.29, 0.717) is 15.6 Å². The van der Waals surface area contributed by atoms with Crippen LogP contribution in [0.1, 0.15) is 26.0 Å². The minimum atomic E-state index is -1.02. The van der Waals surface area contributed by atoms with Crippen LogP contribution in [0.4, 0.5) is 0 Å². The van der Waals surface area contributed by atoms with Gasteiger partial charge in [0.25, 0.3) is 5.91 Å². The first kappa shape index (κ1) is 16.8. The van der Waals surface area contributed by atoms with Crippen LogP contribution in [0, 0.1) is 5.92 Å². The summed E-state index contributed by atoms with van der Waals surface area (Å²) in [6.45, 7) is 3.72. The summed E-state index contributed by atoms with van der Waals surface area (Å²) < 4.78 is 2.19. The van der Waals surface area contributed by atoms with Crippen LogP contribution in [0.3, 0.4) is 0 Å². The summed E-state index contributed by atoms with van der Waals surface area (Å²) in [5.41, 5.74) is 0.871. The van der Waals surface area contributed by atoms with Gasteiger partial charge >= 0.3 is 5.97 Å².